The highest BCUT2D eigenvalue weighted by Crippen LogP contribution is 2.62. The zero-order valence-electron chi connectivity index (χ0n) is 18.5. The molecule has 0 radical (unpaired) electrons. The first-order chi connectivity index (χ1) is 15.0. The predicted molar refractivity (Wildman–Crippen MR) is 110 cm³/mol. The molecule has 0 spiro atoms. The zero-order valence-corrected chi connectivity index (χ0v) is 18.5. The molecule has 172 valence electrons. The van der Waals surface area contributed by atoms with E-state index < -0.39 is 52.4 Å². The van der Waals surface area contributed by atoms with E-state index in [9.17, 15) is 24.3 Å². The van der Waals surface area contributed by atoms with E-state index in [2.05, 4.69) is 0 Å². The van der Waals surface area contributed by atoms with Gasteiger partial charge in [0.05, 0.1) is 17.6 Å². The van der Waals surface area contributed by atoms with Crippen molar-refractivity contribution in [2.24, 2.45) is 22.5 Å². The van der Waals surface area contributed by atoms with Gasteiger partial charge in [0.1, 0.15) is 18.0 Å². The molecule has 1 saturated heterocycles. The average Bonchev–Trinajstić information content (AvgIpc) is 3.01. The minimum Gasteiger partial charge on any atom is -0.504 e. The van der Waals surface area contributed by atoms with Gasteiger partial charge in [-0.1, -0.05) is 6.92 Å². The number of Topliss-reactive ketones (excluding diaryl/α,β-unsaturated/α-hetero) is 2. The number of ketones is 2. The van der Waals surface area contributed by atoms with E-state index in [1.807, 2.05) is 0 Å². The minimum absolute atomic E-state index is 0.00974. The molecular formula is C23H27NO8. The van der Waals surface area contributed by atoms with Crippen LogP contribution in [0, 0.1) is 16.7 Å². The van der Waals surface area contributed by atoms with Crippen LogP contribution in [0.1, 0.15) is 40.0 Å². The summed E-state index contributed by atoms with van der Waals surface area (Å²) in [5.74, 6) is -3.10. The fraction of sp³-hybridized carbons (Fsp3) is 0.565. The topological polar surface area (TPSA) is 142 Å². The lowest BCUT2D eigenvalue weighted by Gasteiger charge is -2.53. The average molecular weight is 445 g/mol. The zero-order chi connectivity index (χ0) is 23.6. The molecular weight excluding hydrogens is 418 g/mol. The number of methoxy groups -OCH3 is 1. The van der Waals surface area contributed by atoms with Crippen molar-refractivity contribution in [1.82, 2.24) is 0 Å². The van der Waals surface area contributed by atoms with Crippen LogP contribution >= 0.6 is 0 Å². The molecule has 1 saturated carbocycles. The first kappa shape index (κ1) is 22.3. The summed E-state index contributed by atoms with van der Waals surface area (Å²) in [5.41, 5.74) is 4.14. The Kier molecular flexibility index (Phi) is 5.08. The third kappa shape index (κ3) is 2.73. The van der Waals surface area contributed by atoms with Crippen LogP contribution in [0.5, 0.6) is 0 Å². The Morgan fingerprint density at radius 2 is 2.00 bits per heavy atom. The van der Waals surface area contributed by atoms with Crippen molar-refractivity contribution in [1.29, 1.82) is 0 Å². The Bertz CT molecular complexity index is 1040. The van der Waals surface area contributed by atoms with Gasteiger partial charge < -0.3 is 25.1 Å². The fourth-order valence-electron chi connectivity index (χ4n) is 6.12. The van der Waals surface area contributed by atoms with Crippen LogP contribution in [0.2, 0.25) is 0 Å². The molecule has 3 N–H and O–H groups in total. The first-order valence-corrected chi connectivity index (χ1v) is 10.6. The van der Waals surface area contributed by atoms with E-state index >= 15 is 0 Å². The van der Waals surface area contributed by atoms with Crippen molar-refractivity contribution < 1.29 is 38.5 Å². The molecule has 0 bridgehead atoms. The molecule has 0 aromatic heterocycles. The lowest BCUT2D eigenvalue weighted by atomic mass is 9.53. The van der Waals surface area contributed by atoms with Crippen LogP contribution in [0.4, 0.5) is 0 Å². The quantitative estimate of drug-likeness (QED) is 0.487. The Morgan fingerprint density at radius 1 is 1.31 bits per heavy atom. The van der Waals surface area contributed by atoms with Crippen LogP contribution < -0.4 is 5.73 Å². The molecule has 4 aliphatic rings. The van der Waals surface area contributed by atoms with Crippen molar-refractivity contribution in [2.75, 3.05) is 13.7 Å². The molecule has 1 heterocycles. The summed E-state index contributed by atoms with van der Waals surface area (Å²) in [6.45, 7) is 4.72. The van der Waals surface area contributed by atoms with Crippen LogP contribution in [0.25, 0.3) is 0 Å². The highest BCUT2D eigenvalue weighted by Gasteiger charge is 2.64. The second kappa shape index (κ2) is 7.30. The Morgan fingerprint density at radius 3 is 2.59 bits per heavy atom. The summed E-state index contributed by atoms with van der Waals surface area (Å²) in [5, 5.41) is 11.1. The first-order valence-electron chi connectivity index (χ1n) is 10.6. The van der Waals surface area contributed by atoms with Crippen LogP contribution in [0.3, 0.4) is 0 Å². The molecule has 5 atom stereocenters. The number of aliphatic hydroxyl groups excluding tert-OH is 1. The monoisotopic (exact) mass is 445 g/mol. The fourth-order valence-corrected chi connectivity index (χ4v) is 6.12. The molecule has 2 fully saturated rings. The molecule has 9 heteroatoms. The second-order valence-corrected chi connectivity index (χ2v) is 9.25. The van der Waals surface area contributed by atoms with Crippen molar-refractivity contribution in [3.05, 3.63) is 34.3 Å². The third-order valence-corrected chi connectivity index (χ3v) is 7.59. The van der Waals surface area contributed by atoms with Gasteiger partial charge in [-0.2, -0.15) is 0 Å². The summed E-state index contributed by atoms with van der Waals surface area (Å²) in [4.78, 5) is 51.0. The summed E-state index contributed by atoms with van der Waals surface area (Å²) in [7, 11) is 1.44. The van der Waals surface area contributed by atoms with Gasteiger partial charge in [0.25, 0.3) is 0 Å². The van der Waals surface area contributed by atoms with Gasteiger partial charge in [-0.15, -0.1) is 0 Å². The van der Waals surface area contributed by atoms with E-state index in [1.54, 1.807) is 13.8 Å². The van der Waals surface area contributed by atoms with Crippen LogP contribution in [-0.4, -0.2) is 54.5 Å². The number of carbonyl (C=O) groups excluding carboxylic acids is 4. The maximum absolute atomic E-state index is 13.5. The van der Waals surface area contributed by atoms with Crippen LogP contribution in [-0.2, 0) is 33.4 Å². The normalized spacial score (nSPS) is 37.8. The van der Waals surface area contributed by atoms with Crippen molar-refractivity contribution in [3.63, 3.8) is 0 Å². The number of esters is 2. The smallest absolute Gasteiger partial charge is 0.340 e. The molecule has 9 nitrogen and oxygen atoms in total. The Hall–Kier alpha value is -2.94. The Balaban J connectivity index is 2.04. The second-order valence-electron chi connectivity index (χ2n) is 9.25. The van der Waals surface area contributed by atoms with E-state index in [-0.39, 0.29) is 42.0 Å². The highest BCUT2D eigenvalue weighted by atomic mass is 16.6. The Labute approximate surface area is 185 Å². The van der Waals surface area contributed by atoms with E-state index in [0.29, 0.717) is 12.0 Å². The third-order valence-electron chi connectivity index (χ3n) is 7.59. The van der Waals surface area contributed by atoms with Gasteiger partial charge in [0, 0.05) is 55.6 Å². The maximum Gasteiger partial charge on any atom is 0.340 e. The molecule has 0 aromatic carbocycles. The maximum atomic E-state index is 13.5. The standard InChI is InChI=1S/C23H27NO8/c1-10(25)31-13-7-22(2)12(5-6-14(22)26)16-18(13)23(3)15(9-30-4)32-21(29)11(8-24)17(23)20(28)19(16)27/h8,12-13,15,28H,5-7,9,24H2,1-4H3/t12-,13+,15+,22-,23-/m0/s1. The van der Waals surface area contributed by atoms with Gasteiger partial charge in [-0.25, -0.2) is 4.79 Å². The number of rotatable bonds is 3. The minimum atomic E-state index is -1.25. The summed E-state index contributed by atoms with van der Waals surface area (Å²) in [6.07, 6.45) is 0.0922. The van der Waals surface area contributed by atoms with E-state index in [1.165, 1.54) is 14.0 Å². The van der Waals surface area contributed by atoms with Crippen molar-refractivity contribution in [2.45, 2.75) is 52.2 Å². The number of nitrogens with two attached hydrogens (primary N) is 1. The van der Waals surface area contributed by atoms with E-state index in [4.69, 9.17) is 19.9 Å². The molecule has 32 heavy (non-hydrogen) atoms. The van der Waals surface area contributed by atoms with Crippen molar-refractivity contribution in [3.8, 4) is 0 Å². The molecule has 3 aliphatic carbocycles. The van der Waals surface area contributed by atoms with Gasteiger partial charge in [0.2, 0.25) is 5.78 Å². The van der Waals surface area contributed by atoms with Crippen molar-refractivity contribution >= 4 is 23.5 Å². The SMILES string of the molecule is COC[C@H]1OC(=O)C(=CN)C2=C(O)C(=O)C3=C([C@H](OC(C)=O)C[C@]4(C)C(=O)CC[C@@H]34)[C@]21C. The number of ether oxygens (including phenoxy) is 3. The van der Waals surface area contributed by atoms with E-state index in [0.717, 1.165) is 6.20 Å². The summed E-state index contributed by atoms with van der Waals surface area (Å²) < 4.78 is 16.6. The van der Waals surface area contributed by atoms with Gasteiger partial charge in [0.15, 0.2) is 5.76 Å². The molecule has 0 amide bonds. The number of cyclic esters (lactones) is 1. The lowest BCUT2D eigenvalue weighted by Crippen LogP contribution is -2.57. The largest absolute Gasteiger partial charge is 0.504 e. The van der Waals surface area contributed by atoms with Gasteiger partial charge in [-0.3, -0.25) is 14.4 Å². The number of carbonyl (C=O) groups is 4. The summed E-state index contributed by atoms with van der Waals surface area (Å²) in [6, 6.07) is 0. The number of hydrogen-bond acceptors (Lipinski definition) is 9. The predicted octanol–water partition coefficient (Wildman–Crippen LogP) is 1.42. The molecule has 0 aromatic rings. The number of fused-ring (bicyclic) bond motifs is 4. The van der Waals surface area contributed by atoms with Crippen LogP contribution in [0.15, 0.2) is 34.3 Å². The number of aliphatic hydroxyl groups is 1. The summed E-state index contributed by atoms with van der Waals surface area (Å²) >= 11 is 0. The highest BCUT2D eigenvalue weighted by molar-refractivity contribution is 6.14. The van der Waals surface area contributed by atoms with Gasteiger partial charge >= 0.3 is 11.9 Å². The number of hydrogen-bond donors (Lipinski definition) is 2. The number of allylic oxidation sites excluding steroid dienone is 1. The molecule has 4 rings (SSSR count). The lowest BCUT2D eigenvalue weighted by molar-refractivity contribution is -0.160. The molecule has 1 aliphatic heterocycles. The molecule has 0 unspecified atom stereocenters. The van der Waals surface area contributed by atoms with Gasteiger partial charge in [-0.05, 0) is 18.9 Å².